The fraction of sp³-hybridized carbons (Fsp3) is 0.400. The van der Waals surface area contributed by atoms with Gasteiger partial charge in [-0.2, -0.15) is 0 Å². The van der Waals surface area contributed by atoms with Crippen LogP contribution < -0.4 is 5.32 Å². The van der Waals surface area contributed by atoms with E-state index in [4.69, 9.17) is 29.6 Å². The van der Waals surface area contributed by atoms with Crippen molar-refractivity contribution in [2.45, 2.75) is 19.4 Å². The average molecular weight is 327 g/mol. The minimum atomic E-state index is -1.82. The number of hydrogen-bond acceptors (Lipinski definition) is 5. The maximum atomic E-state index is 10.9. The van der Waals surface area contributed by atoms with Gasteiger partial charge in [0.05, 0.1) is 12.5 Å². The Balaban J connectivity index is 0.000000688. The van der Waals surface area contributed by atoms with Crippen molar-refractivity contribution < 1.29 is 34.4 Å². The first-order valence-corrected chi connectivity index (χ1v) is 6.77. The zero-order valence-electron chi connectivity index (χ0n) is 13.0. The molecule has 0 heterocycles. The van der Waals surface area contributed by atoms with Gasteiger partial charge in [-0.1, -0.05) is 24.3 Å². The topological polar surface area (TPSA) is 133 Å². The molecule has 0 bridgehead atoms. The maximum absolute atomic E-state index is 10.9. The zero-order chi connectivity index (χ0) is 17.8. The van der Waals surface area contributed by atoms with Gasteiger partial charge in [0.25, 0.3) is 0 Å². The molecule has 8 nitrogen and oxygen atoms in total. The molecule has 8 heteroatoms. The summed E-state index contributed by atoms with van der Waals surface area (Å²) in [5.74, 6) is -4.91. The molecule has 0 aliphatic rings. The van der Waals surface area contributed by atoms with Gasteiger partial charge < -0.3 is 25.4 Å². The van der Waals surface area contributed by atoms with Crippen LogP contribution in [-0.4, -0.2) is 53.5 Å². The third kappa shape index (κ3) is 9.22. The SMILES string of the molecule is COCCNCc1cccc(C(C)C(=O)O)c1.O=C(O)C(=O)O. The van der Waals surface area contributed by atoms with E-state index >= 15 is 0 Å². The van der Waals surface area contributed by atoms with E-state index in [1.807, 2.05) is 24.3 Å². The number of carboxylic acid groups (broad SMARTS) is 3. The molecule has 0 saturated carbocycles. The lowest BCUT2D eigenvalue weighted by atomic mass is 9.99. The van der Waals surface area contributed by atoms with Crippen molar-refractivity contribution in [1.29, 1.82) is 0 Å². The lowest BCUT2D eigenvalue weighted by Crippen LogP contribution is -2.18. The van der Waals surface area contributed by atoms with Crippen LogP contribution in [0, 0.1) is 0 Å². The van der Waals surface area contributed by atoms with E-state index in [9.17, 15) is 4.79 Å². The molecule has 0 aromatic heterocycles. The summed E-state index contributed by atoms with van der Waals surface area (Å²) in [5, 5.41) is 26.9. The van der Waals surface area contributed by atoms with Gasteiger partial charge >= 0.3 is 17.9 Å². The van der Waals surface area contributed by atoms with Gasteiger partial charge in [0.15, 0.2) is 0 Å². The quantitative estimate of drug-likeness (QED) is 0.426. The second kappa shape index (κ2) is 11.2. The van der Waals surface area contributed by atoms with Crippen molar-refractivity contribution in [1.82, 2.24) is 5.32 Å². The molecule has 1 aromatic carbocycles. The van der Waals surface area contributed by atoms with E-state index in [1.54, 1.807) is 14.0 Å². The van der Waals surface area contributed by atoms with Gasteiger partial charge in [-0.05, 0) is 18.1 Å². The summed E-state index contributed by atoms with van der Waals surface area (Å²) in [6, 6.07) is 7.65. The molecule has 1 unspecified atom stereocenters. The molecule has 23 heavy (non-hydrogen) atoms. The number of ether oxygens (including phenoxy) is 1. The molecule has 0 aliphatic heterocycles. The fourth-order valence-electron chi connectivity index (χ4n) is 1.52. The summed E-state index contributed by atoms with van der Waals surface area (Å²) in [4.78, 5) is 29.1. The van der Waals surface area contributed by atoms with Gasteiger partial charge in [-0.25, -0.2) is 9.59 Å². The Bertz CT molecular complexity index is 518. The predicted molar refractivity (Wildman–Crippen MR) is 81.3 cm³/mol. The van der Waals surface area contributed by atoms with Gasteiger partial charge in [0, 0.05) is 20.2 Å². The Labute approximate surface area is 133 Å². The minimum Gasteiger partial charge on any atom is -0.481 e. The molecule has 1 aromatic rings. The van der Waals surface area contributed by atoms with E-state index in [-0.39, 0.29) is 0 Å². The summed E-state index contributed by atoms with van der Waals surface area (Å²) in [7, 11) is 1.66. The Kier molecular flexibility index (Phi) is 9.97. The van der Waals surface area contributed by atoms with Crippen molar-refractivity contribution >= 4 is 17.9 Å². The van der Waals surface area contributed by atoms with E-state index in [1.165, 1.54) is 0 Å². The van der Waals surface area contributed by atoms with Crippen LogP contribution in [0.15, 0.2) is 24.3 Å². The Morgan fingerprint density at radius 2 is 1.78 bits per heavy atom. The number of benzene rings is 1. The van der Waals surface area contributed by atoms with E-state index < -0.39 is 23.8 Å². The molecule has 0 fully saturated rings. The monoisotopic (exact) mass is 327 g/mol. The van der Waals surface area contributed by atoms with Gasteiger partial charge in [0.1, 0.15) is 0 Å². The normalized spacial score (nSPS) is 11.0. The van der Waals surface area contributed by atoms with Crippen molar-refractivity contribution in [2.75, 3.05) is 20.3 Å². The van der Waals surface area contributed by atoms with Crippen LogP contribution >= 0.6 is 0 Å². The van der Waals surface area contributed by atoms with Crippen molar-refractivity contribution in [3.63, 3.8) is 0 Å². The van der Waals surface area contributed by atoms with Crippen LogP contribution in [0.1, 0.15) is 24.0 Å². The summed E-state index contributed by atoms with van der Waals surface area (Å²) in [6.45, 7) is 3.88. The molecule has 0 radical (unpaired) electrons. The highest BCUT2D eigenvalue weighted by Gasteiger charge is 2.13. The summed E-state index contributed by atoms with van der Waals surface area (Å²) in [6.07, 6.45) is 0. The average Bonchev–Trinajstić information content (AvgIpc) is 2.51. The highest BCUT2D eigenvalue weighted by Crippen LogP contribution is 2.16. The number of methoxy groups -OCH3 is 1. The van der Waals surface area contributed by atoms with Crippen LogP contribution in [0.25, 0.3) is 0 Å². The number of nitrogens with one attached hydrogen (secondary N) is 1. The molecule has 4 N–H and O–H groups in total. The number of rotatable bonds is 7. The Hall–Kier alpha value is -2.45. The van der Waals surface area contributed by atoms with E-state index in [0.717, 1.165) is 24.2 Å². The highest BCUT2D eigenvalue weighted by molar-refractivity contribution is 6.27. The predicted octanol–water partition coefficient (Wildman–Crippen LogP) is 0.766. The van der Waals surface area contributed by atoms with Gasteiger partial charge in [-0.15, -0.1) is 0 Å². The van der Waals surface area contributed by atoms with Crippen molar-refractivity contribution in [2.24, 2.45) is 0 Å². The van der Waals surface area contributed by atoms with Gasteiger partial charge in [0.2, 0.25) is 0 Å². The summed E-state index contributed by atoms with van der Waals surface area (Å²) in [5.41, 5.74) is 1.93. The van der Waals surface area contributed by atoms with Crippen molar-refractivity contribution in [3.8, 4) is 0 Å². The van der Waals surface area contributed by atoms with Crippen LogP contribution in [-0.2, 0) is 25.7 Å². The third-order valence-corrected chi connectivity index (χ3v) is 2.82. The van der Waals surface area contributed by atoms with Gasteiger partial charge in [-0.3, -0.25) is 4.79 Å². The smallest absolute Gasteiger partial charge is 0.414 e. The van der Waals surface area contributed by atoms with Crippen LogP contribution in [0.2, 0.25) is 0 Å². The second-order valence-electron chi connectivity index (χ2n) is 4.58. The molecule has 1 atom stereocenters. The first-order valence-electron chi connectivity index (χ1n) is 6.77. The van der Waals surface area contributed by atoms with Crippen molar-refractivity contribution in [3.05, 3.63) is 35.4 Å². The van der Waals surface area contributed by atoms with Crippen LogP contribution in [0.5, 0.6) is 0 Å². The molecule has 0 saturated heterocycles. The maximum Gasteiger partial charge on any atom is 0.414 e. The number of aliphatic carboxylic acids is 3. The molecule has 0 aliphatic carbocycles. The lowest BCUT2D eigenvalue weighted by molar-refractivity contribution is -0.159. The minimum absolute atomic E-state index is 0.464. The summed E-state index contributed by atoms with van der Waals surface area (Å²) < 4.78 is 4.93. The van der Waals surface area contributed by atoms with E-state index in [2.05, 4.69) is 5.32 Å². The second-order valence-corrected chi connectivity index (χ2v) is 4.58. The molecule has 0 amide bonds. The first kappa shape index (κ1) is 20.6. The first-order chi connectivity index (χ1) is 10.8. The molecular formula is C15H21NO7. The highest BCUT2D eigenvalue weighted by atomic mass is 16.5. The lowest BCUT2D eigenvalue weighted by Gasteiger charge is -2.09. The molecule has 0 spiro atoms. The standard InChI is InChI=1S/C13H19NO3.C2H2O4/c1-10(13(15)16)12-5-3-4-11(8-12)9-14-6-7-17-2;3-1(4)2(5)6/h3-5,8,10,14H,6-7,9H2,1-2H3,(H,15,16);(H,3,4)(H,5,6). The van der Waals surface area contributed by atoms with E-state index in [0.29, 0.717) is 6.61 Å². The largest absolute Gasteiger partial charge is 0.481 e. The Morgan fingerprint density at radius 1 is 1.17 bits per heavy atom. The van der Waals surface area contributed by atoms with Crippen LogP contribution in [0.4, 0.5) is 0 Å². The Morgan fingerprint density at radius 3 is 2.26 bits per heavy atom. The number of carboxylic acids is 3. The third-order valence-electron chi connectivity index (χ3n) is 2.82. The molecule has 1 rings (SSSR count). The summed E-state index contributed by atoms with van der Waals surface area (Å²) >= 11 is 0. The van der Waals surface area contributed by atoms with Crippen LogP contribution in [0.3, 0.4) is 0 Å². The molecular weight excluding hydrogens is 306 g/mol. The fourth-order valence-corrected chi connectivity index (χ4v) is 1.52. The zero-order valence-corrected chi connectivity index (χ0v) is 13.0. The number of carbonyl (C=O) groups is 3. The number of hydrogen-bond donors (Lipinski definition) is 4. The molecule has 128 valence electrons.